The van der Waals surface area contributed by atoms with Crippen molar-refractivity contribution in [2.75, 3.05) is 39.9 Å². The van der Waals surface area contributed by atoms with Crippen molar-refractivity contribution >= 4 is 11.8 Å². The third-order valence-corrected chi connectivity index (χ3v) is 7.78. The average Bonchev–Trinajstić information content (AvgIpc) is 2.77. The van der Waals surface area contributed by atoms with E-state index in [0.29, 0.717) is 37.4 Å². The number of nitrogens with zero attached hydrogens (tertiary/aromatic N) is 3. The first-order valence-corrected chi connectivity index (χ1v) is 11.5. The SMILES string of the molecule is CN1CCOC[C@@H]1C(=O)N1C[C@H]2C[C@@H](C1)[C@H](Cc1ccccc1)N1C(=O)CCC[C@@H]21. The van der Waals surface area contributed by atoms with Crippen LogP contribution in [0, 0.1) is 11.8 Å². The van der Waals surface area contributed by atoms with Crippen molar-refractivity contribution in [2.45, 2.75) is 50.2 Å². The molecule has 2 bridgehead atoms. The third kappa shape index (κ3) is 3.65. The molecule has 0 aromatic heterocycles. The topological polar surface area (TPSA) is 53.1 Å². The minimum atomic E-state index is -0.172. The van der Waals surface area contributed by atoms with Gasteiger partial charge < -0.3 is 14.5 Å². The van der Waals surface area contributed by atoms with E-state index in [0.717, 1.165) is 45.3 Å². The maximum absolute atomic E-state index is 13.4. The van der Waals surface area contributed by atoms with Gasteiger partial charge in [-0.1, -0.05) is 30.3 Å². The van der Waals surface area contributed by atoms with E-state index >= 15 is 0 Å². The molecule has 0 saturated carbocycles. The van der Waals surface area contributed by atoms with E-state index in [-0.39, 0.29) is 24.0 Å². The maximum atomic E-state index is 13.4. The van der Waals surface area contributed by atoms with Crippen molar-refractivity contribution in [3.8, 4) is 0 Å². The number of carbonyl (C=O) groups is 2. The van der Waals surface area contributed by atoms with Crippen LogP contribution >= 0.6 is 0 Å². The number of morpholine rings is 1. The van der Waals surface area contributed by atoms with Gasteiger partial charge in [0.25, 0.3) is 0 Å². The lowest BCUT2D eigenvalue weighted by Gasteiger charge is -2.57. The van der Waals surface area contributed by atoms with E-state index < -0.39 is 0 Å². The van der Waals surface area contributed by atoms with Crippen LogP contribution in [0.4, 0.5) is 0 Å². The van der Waals surface area contributed by atoms with E-state index in [9.17, 15) is 9.59 Å². The van der Waals surface area contributed by atoms with Crippen molar-refractivity contribution in [3.63, 3.8) is 0 Å². The van der Waals surface area contributed by atoms with Gasteiger partial charge >= 0.3 is 0 Å². The van der Waals surface area contributed by atoms with Crippen LogP contribution in [0.15, 0.2) is 30.3 Å². The second-order valence-electron chi connectivity index (χ2n) is 9.59. The van der Waals surface area contributed by atoms with Gasteiger partial charge in [-0.15, -0.1) is 0 Å². The highest BCUT2D eigenvalue weighted by atomic mass is 16.5. The van der Waals surface area contributed by atoms with Crippen molar-refractivity contribution < 1.29 is 14.3 Å². The molecule has 4 fully saturated rings. The number of benzene rings is 1. The summed E-state index contributed by atoms with van der Waals surface area (Å²) in [6, 6.07) is 10.8. The normalized spacial score (nSPS) is 34.6. The highest BCUT2D eigenvalue weighted by molar-refractivity contribution is 5.82. The number of likely N-dealkylation sites (tertiary alicyclic amines) is 1. The van der Waals surface area contributed by atoms with Crippen LogP contribution in [0.25, 0.3) is 0 Å². The van der Waals surface area contributed by atoms with Crippen LogP contribution in [0.3, 0.4) is 0 Å². The largest absolute Gasteiger partial charge is 0.378 e. The summed E-state index contributed by atoms with van der Waals surface area (Å²) >= 11 is 0. The zero-order chi connectivity index (χ0) is 20.7. The van der Waals surface area contributed by atoms with Crippen molar-refractivity contribution in [1.29, 1.82) is 0 Å². The van der Waals surface area contributed by atoms with Gasteiger partial charge in [0.05, 0.1) is 13.2 Å². The molecule has 0 unspecified atom stereocenters. The van der Waals surface area contributed by atoms with Crippen molar-refractivity contribution in [3.05, 3.63) is 35.9 Å². The molecule has 0 aliphatic carbocycles. The fourth-order valence-corrected chi connectivity index (χ4v) is 6.23. The Labute approximate surface area is 179 Å². The highest BCUT2D eigenvalue weighted by Crippen LogP contribution is 2.42. The number of carbonyl (C=O) groups excluding carboxylic acids is 2. The number of piperidine rings is 3. The summed E-state index contributed by atoms with van der Waals surface area (Å²) in [4.78, 5) is 32.9. The molecule has 4 saturated heterocycles. The molecular weight excluding hydrogens is 378 g/mol. The molecule has 0 N–H and O–H groups in total. The Morgan fingerprint density at radius 2 is 1.97 bits per heavy atom. The molecule has 5 atom stereocenters. The molecule has 4 aliphatic rings. The fraction of sp³-hybridized carbons (Fsp3) is 0.667. The smallest absolute Gasteiger partial charge is 0.242 e. The molecule has 1 aromatic carbocycles. The number of rotatable bonds is 3. The molecule has 0 radical (unpaired) electrons. The van der Waals surface area contributed by atoms with Gasteiger partial charge in [-0.25, -0.2) is 0 Å². The fourth-order valence-electron chi connectivity index (χ4n) is 6.23. The second kappa shape index (κ2) is 8.31. The molecule has 6 heteroatoms. The monoisotopic (exact) mass is 411 g/mol. The van der Waals surface area contributed by atoms with Gasteiger partial charge in [-0.05, 0) is 50.1 Å². The summed E-state index contributed by atoms with van der Waals surface area (Å²) in [6.07, 6.45) is 4.74. The van der Waals surface area contributed by atoms with Crippen LogP contribution in [0.1, 0.15) is 31.2 Å². The summed E-state index contributed by atoms with van der Waals surface area (Å²) in [5.74, 6) is 1.28. The minimum Gasteiger partial charge on any atom is -0.378 e. The van der Waals surface area contributed by atoms with Gasteiger partial charge in [0, 0.05) is 38.1 Å². The Morgan fingerprint density at radius 1 is 1.17 bits per heavy atom. The number of ether oxygens (including phenoxy) is 1. The van der Waals surface area contributed by atoms with E-state index in [2.05, 4.69) is 39.0 Å². The van der Waals surface area contributed by atoms with Gasteiger partial charge in [0.15, 0.2) is 0 Å². The molecule has 5 rings (SSSR count). The Balaban J connectivity index is 1.40. The minimum absolute atomic E-state index is 0.172. The van der Waals surface area contributed by atoms with Crippen LogP contribution in [0.5, 0.6) is 0 Å². The number of fused-ring (bicyclic) bond motifs is 4. The van der Waals surface area contributed by atoms with Crippen molar-refractivity contribution in [1.82, 2.24) is 14.7 Å². The predicted octanol–water partition coefficient (Wildman–Crippen LogP) is 1.79. The summed E-state index contributed by atoms with van der Waals surface area (Å²) in [7, 11) is 2.02. The zero-order valence-electron chi connectivity index (χ0n) is 17.9. The summed E-state index contributed by atoms with van der Waals surface area (Å²) in [6.45, 7) is 3.53. The second-order valence-corrected chi connectivity index (χ2v) is 9.59. The molecule has 30 heavy (non-hydrogen) atoms. The van der Waals surface area contributed by atoms with Crippen LogP contribution in [-0.4, -0.2) is 84.5 Å². The summed E-state index contributed by atoms with van der Waals surface area (Å²) < 4.78 is 5.62. The van der Waals surface area contributed by atoms with Gasteiger partial charge in [0.2, 0.25) is 11.8 Å². The van der Waals surface area contributed by atoms with E-state index in [1.165, 1.54) is 5.56 Å². The first-order chi connectivity index (χ1) is 14.6. The van der Waals surface area contributed by atoms with Crippen molar-refractivity contribution in [2.24, 2.45) is 11.8 Å². The van der Waals surface area contributed by atoms with Crippen LogP contribution in [0.2, 0.25) is 0 Å². The molecule has 1 aromatic rings. The van der Waals surface area contributed by atoms with E-state index in [1.54, 1.807) is 0 Å². The number of likely N-dealkylation sites (N-methyl/N-ethyl adjacent to an activating group) is 1. The Morgan fingerprint density at radius 3 is 2.77 bits per heavy atom. The van der Waals surface area contributed by atoms with Crippen LogP contribution in [-0.2, 0) is 20.7 Å². The number of hydrogen-bond acceptors (Lipinski definition) is 4. The summed E-state index contributed by atoms with van der Waals surface area (Å²) in [5.41, 5.74) is 1.28. The van der Waals surface area contributed by atoms with E-state index in [1.807, 2.05) is 13.1 Å². The molecule has 0 spiro atoms. The highest BCUT2D eigenvalue weighted by Gasteiger charge is 2.50. The Kier molecular flexibility index (Phi) is 5.54. The Bertz CT molecular complexity index is 785. The lowest BCUT2D eigenvalue weighted by atomic mass is 9.70. The lowest BCUT2D eigenvalue weighted by Crippen LogP contribution is -2.67. The first-order valence-electron chi connectivity index (χ1n) is 11.5. The predicted molar refractivity (Wildman–Crippen MR) is 114 cm³/mol. The molecular formula is C24H33N3O3. The first kappa shape index (κ1) is 20.0. The molecule has 4 heterocycles. The summed E-state index contributed by atoms with van der Waals surface area (Å²) in [5, 5.41) is 0. The zero-order valence-corrected chi connectivity index (χ0v) is 17.9. The van der Waals surface area contributed by atoms with Gasteiger partial charge in [-0.3, -0.25) is 14.5 Å². The van der Waals surface area contributed by atoms with Crippen LogP contribution < -0.4 is 0 Å². The standard InChI is InChI=1S/C24H33N3O3/c1-25-10-11-30-16-22(25)24(29)26-14-18-13-19(15-26)21(12-17-6-3-2-4-7-17)27-20(18)8-5-9-23(27)28/h2-4,6-7,18-22H,5,8-16H2,1H3/t18-,19+,20+,21+,22-/m1/s1. The quantitative estimate of drug-likeness (QED) is 0.761. The average molecular weight is 412 g/mol. The third-order valence-electron chi connectivity index (χ3n) is 7.78. The van der Waals surface area contributed by atoms with Gasteiger partial charge in [0.1, 0.15) is 6.04 Å². The Hall–Kier alpha value is -1.92. The molecule has 162 valence electrons. The molecule has 2 amide bonds. The van der Waals surface area contributed by atoms with Gasteiger partial charge in [-0.2, -0.15) is 0 Å². The lowest BCUT2D eigenvalue weighted by molar-refractivity contribution is -0.159. The number of amides is 2. The van der Waals surface area contributed by atoms with E-state index in [4.69, 9.17) is 4.74 Å². The molecule has 6 nitrogen and oxygen atoms in total. The molecule has 4 aliphatic heterocycles. The number of hydrogen-bond donors (Lipinski definition) is 0. The maximum Gasteiger partial charge on any atom is 0.242 e.